The van der Waals surface area contributed by atoms with Crippen molar-refractivity contribution in [2.75, 3.05) is 0 Å². The largest absolute Gasteiger partial charge is 0.330 e. The van der Waals surface area contributed by atoms with E-state index in [4.69, 9.17) is 5.26 Å². The molecule has 176 valence electrons. The predicted octanol–water partition coefficient (Wildman–Crippen LogP) is 4.37. The second-order valence-electron chi connectivity index (χ2n) is 8.02. The van der Waals surface area contributed by atoms with Crippen LogP contribution < -0.4 is 4.72 Å². The molecular weight excluding hydrogens is 460 g/mol. The van der Waals surface area contributed by atoms with Crippen LogP contribution in [-0.4, -0.2) is 25.3 Å². The maximum absolute atomic E-state index is 14.7. The summed E-state index contributed by atoms with van der Waals surface area (Å²) >= 11 is 0. The Morgan fingerprint density at radius 1 is 1.00 bits per heavy atom. The summed E-state index contributed by atoms with van der Waals surface area (Å²) in [6.07, 6.45) is 0. The molecule has 0 atom stereocenters. The van der Waals surface area contributed by atoms with Crippen molar-refractivity contribution in [1.29, 1.82) is 5.26 Å². The summed E-state index contributed by atoms with van der Waals surface area (Å²) in [7, 11) is -3.96. The summed E-state index contributed by atoms with van der Waals surface area (Å²) in [5, 5.41) is 9.00. The molecule has 1 amide bonds. The van der Waals surface area contributed by atoms with Gasteiger partial charge in [-0.05, 0) is 67.4 Å². The third-order valence-electron chi connectivity index (χ3n) is 4.88. The zero-order valence-corrected chi connectivity index (χ0v) is 19.4. The van der Waals surface area contributed by atoms with Gasteiger partial charge in [-0.15, -0.1) is 0 Å². The lowest BCUT2D eigenvalue weighted by atomic mass is 10.1. The van der Waals surface area contributed by atoms with Crippen molar-refractivity contribution in [2.45, 2.75) is 37.9 Å². The van der Waals surface area contributed by atoms with Gasteiger partial charge in [0.1, 0.15) is 11.6 Å². The van der Waals surface area contributed by atoms with Gasteiger partial charge in [0.05, 0.1) is 22.1 Å². The molecule has 0 aromatic heterocycles. The number of halogens is 2. The van der Waals surface area contributed by atoms with Crippen LogP contribution in [-0.2, 0) is 23.1 Å². The van der Waals surface area contributed by atoms with Crippen LogP contribution in [0, 0.1) is 23.0 Å². The number of nitrogens with zero attached hydrogens (tertiary/aromatic N) is 2. The molecule has 0 aliphatic heterocycles. The van der Waals surface area contributed by atoms with Crippen molar-refractivity contribution < 1.29 is 22.0 Å². The molecule has 3 aromatic rings. The molecule has 0 fully saturated rings. The molecule has 0 radical (unpaired) electrons. The Bertz CT molecular complexity index is 1330. The first-order valence-electron chi connectivity index (χ1n) is 10.4. The third kappa shape index (κ3) is 6.25. The van der Waals surface area contributed by atoms with Crippen molar-refractivity contribution in [1.82, 2.24) is 9.62 Å². The lowest BCUT2D eigenvalue weighted by Gasteiger charge is -2.24. The first-order chi connectivity index (χ1) is 16.1. The van der Waals surface area contributed by atoms with Gasteiger partial charge < -0.3 is 4.90 Å². The molecule has 0 unspecified atom stereocenters. The van der Waals surface area contributed by atoms with Gasteiger partial charge in [0, 0.05) is 19.1 Å². The predicted molar refractivity (Wildman–Crippen MR) is 123 cm³/mol. The van der Waals surface area contributed by atoms with Gasteiger partial charge in [-0.3, -0.25) is 4.79 Å². The smallest absolute Gasteiger partial charge is 0.257 e. The molecule has 0 spiro atoms. The van der Waals surface area contributed by atoms with Crippen molar-refractivity contribution in [3.63, 3.8) is 0 Å². The molecule has 6 nitrogen and oxygen atoms in total. The fourth-order valence-corrected chi connectivity index (χ4v) is 4.62. The van der Waals surface area contributed by atoms with Gasteiger partial charge >= 0.3 is 0 Å². The average molecular weight is 484 g/mol. The average Bonchev–Trinajstić information content (AvgIpc) is 2.78. The number of hydrogen-bond acceptors (Lipinski definition) is 4. The van der Waals surface area contributed by atoms with Gasteiger partial charge in [0.15, 0.2) is 0 Å². The van der Waals surface area contributed by atoms with Crippen molar-refractivity contribution in [2.24, 2.45) is 0 Å². The summed E-state index contributed by atoms with van der Waals surface area (Å²) < 4.78 is 56.0. The van der Waals surface area contributed by atoms with Crippen molar-refractivity contribution >= 4 is 15.9 Å². The van der Waals surface area contributed by atoms with E-state index in [1.165, 1.54) is 23.1 Å². The quantitative estimate of drug-likeness (QED) is 0.515. The minimum absolute atomic E-state index is 0.0295. The van der Waals surface area contributed by atoms with E-state index in [1.807, 2.05) is 6.07 Å². The topological polar surface area (TPSA) is 90.3 Å². The van der Waals surface area contributed by atoms with Crippen LogP contribution in [0.25, 0.3) is 0 Å². The molecule has 3 aromatic carbocycles. The molecule has 0 aliphatic rings. The number of nitrogens with one attached hydrogen (secondary N) is 1. The zero-order chi connectivity index (χ0) is 24.9. The number of carbonyl (C=O) groups is 1. The SMILES string of the molecule is CC(C)NS(=O)(=O)c1ccc(F)c(C(=O)N(Cc2ccc(C#N)cc2)Cc2cccc(F)c2)c1. The van der Waals surface area contributed by atoms with E-state index in [9.17, 15) is 22.0 Å². The van der Waals surface area contributed by atoms with Gasteiger partial charge in [0.2, 0.25) is 10.0 Å². The Morgan fingerprint density at radius 2 is 1.68 bits per heavy atom. The molecule has 0 saturated carbocycles. The van der Waals surface area contributed by atoms with E-state index < -0.39 is 39.2 Å². The first kappa shape index (κ1) is 25.0. The van der Waals surface area contributed by atoms with Crippen LogP contribution in [0.5, 0.6) is 0 Å². The van der Waals surface area contributed by atoms with Gasteiger partial charge in [0.25, 0.3) is 5.91 Å². The van der Waals surface area contributed by atoms with Crippen LogP contribution in [0.1, 0.15) is 40.9 Å². The minimum Gasteiger partial charge on any atom is -0.330 e. The number of carbonyl (C=O) groups excluding carboxylic acids is 1. The van der Waals surface area contributed by atoms with Crippen LogP contribution in [0.2, 0.25) is 0 Å². The van der Waals surface area contributed by atoms with Crippen molar-refractivity contribution in [3.05, 3.63) is 101 Å². The van der Waals surface area contributed by atoms with Crippen LogP contribution in [0.4, 0.5) is 8.78 Å². The van der Waals surface area contributed by atoms with Gasteiger partial charge in [-0.2, -0.15) is 5.26 Å². The van der Waals surface area contributed by atoms with Crippen LogP contribution in [0.15, 0.2) is 71.6 Å². The normalized spacial score (nSPS) is 11.3. The Balaban J connectivity index is 2.00. The van der Waals surface area contributed by atoms with Crippen LogP contribution in [0.3, 0.4) is 0 Å². The molecule has 3 rings (SSSR count). The molecule has 0 heterocycles. The van der Waals surface area contributed by atoms with E-state index in [2.05, 4.69) is 4.72 Å². The highest BCUT2D eigenvalue weighted by Crippen LogP contribution is 2.21. The standard InChI is InChI=1S/C25H23F2N3O3S/c1-17(2)29-34(32,33)22-10-11-24(27)23(13-22)25(31)30(16-20-4-3-5-21(26)12-20)15-19-8-6-18(14-28)7-9-19/h3-13,17,29H,15-16H2,1-2H3. The molecule has 34 heavy (non-hydrogen) atoms. The highest BCUT2D eigenvalue weighted by molar-refractivity contribution is 7.89. The zero-order valence-electron chi connectivity index (χ0n) is 18.6. The lowest BCUT2D eigenvalue weighted by Crippen LogP contribution is -2.32. The summed E-state index contributed by atoms with van der Waals surface area (Å²) in [4.78, 5) is 14.5. The van der Waals surface area contributed by atoms with E-state index in [-0.39, 0.29) is 18.0 Å². The number of hydrogen-bond donors (Lipinski definition) is 1. The molecule has 1 N–H and O–H groups in total. The molecular formula is C25H23F2N3O3S. The molecule has 0 bridgehead atoms. The fourth-order valence-electron chi connectivity index (χ4n) is 3.34. The Kier molecular flexibility index (Phi) is 7.76. The molecule has 0 aliphatic carbocycles. The number of amides is 1. The molecule has 9 heteroatoms. The maximum Gasteiger partial charge on any atom is 0.257 e. The number of nitriles is 1. The highest BCUT2D eigenvalue weighted by atomic mass is 32.2. The number of benzene rings is 3. The molecule has 0 saturated heterocycles. The summed E-state index contributed by atoms with van der Waals surface area (Å²) in [6.45, 7) is 3.27. The Labute approximate surface area is 197 Å². The minimum atomic E-state index is -3.96. The van der Waals surface area contributed by atoms with E-state index in [0.717, 1.165) is 18.2 Å². The second-order valence-corrected chi connectivity index (χ2v) is 9.73. The van der Waals surface area contributed by atoms with Crippen LogP contribution >= 0.6 is 0 Å². The summed E-state index contributed by atoms with van der Waals surface area (Å²) in [5.41, 5.74) is 1.16. The Hall–Kier alpha value is -3.61. The van der Waals surface area contributed by atoms with E-state index in [0.29, 0.717) is 16.7 Å². The summed E-state index contributed by atoms with van der Waals surface area (Å²) in [5.74, 6) is -2.12. The summed E-state index contributed by atoms with van der Waals surface area (Å²) in [6, 6.07) is 16.8. The Morgan fingerprint density at radius 3 is 2.29 bits per heavy atom. The maximum atomic E-state index is 14.7. The monoisotopic (exact) mass is 483 g/mol. The second kappa shape index (κ2) is 10.5. The van der Waals surface area contributed by atoms with Gasteiger partial charge in [-0.25, -0.2) is 21.9 Å². The number of sulfonamides is 1. The fraction of sp³-hybridized carbons (Fsp3) is 0.200. The number of rotatable bonds is 8. The van der Waals surface area contributed by atoms with Gasteiger partial charge in [-0.1, -0.05) is 24.3 Å². The van der Waals surface area contributed by atoms with Crippen molar-refractivity contribution in [3.8, 4) is 6.07 Å². The van der Waals surface area contributed by atoms with E-state index in [1.54, 1.807) is 44.2 Å². The highest BCUT2D eigenvalue weighted by Gasteiger charge is 2.24. The first-order valence-corrected chi connectivity index (χ1v) is 11.9. The van der Waals surface area contributed by atoms with E-state index >= 15 is 0 Å². The lowest BCUT2D eigenvalue weighted by molar-refractivity contribution is 0.0724. The third-order valence-corrected chi connectivity index (χ3v) is 6.53.